The highest BCUT2D eigenvalue weighted by atomic mass is 32.2. The lowest BCUT2D eigenvalue weighted by Crippen LogP contribution is -2.44. The Labute approximate surface area is 176 Å². The van der Waals surface area contributed by atoms with Gasteiger partial charge in [0.25, 0.3) is 0 Å². The summed E-state index contributed by atoms with van der Waals surface area (Å²) in [4.78, 5) is 14.8. The zero-order valence-electron chi connectivity index (χ0n) is 17.2. The molecule has 1 saturated heterocycles. The van der Waals surface area contributed by atoms with Crippen molar-refractivity contribution in [3.8, 4) is 11.8 Å². The number of carbonyl (C=O) groups is 1. The lowest BCUT2D eigenvalue weighted by Gasteiger charge is -2.33. The topological polar surface area (TPSA) is 84.0 Å². The highest BCUT2D eigenvalue weighted by Crippen LogP contribution is 2.26. The molecule has 0 bridgehead atoms. The number of nitrogens with zero attached hydrogens (tertiary/aromatic N) is 5. The summed E-state index contributed by atoms with van der Waals surface area (Å²) >= 11 is 1.40. The number of ether oxygens (including phenoxy) is 1. The predicted molar refractivity (Wildman–Crippen MR) is 112 cm³/mol. The molecule has 1 fully saturated rings. The summed E-state index contributed by atoms with van der Waals surface area (Å²) in [7, 11) is 0. The van der Waals surface area contributed by atoms with Crippen LogP contribution in [0.1, 0.15) is 36.2 Å². The maximum Gasteiger partial charge on any atom is 0.233 e. The number of benzene rings is 1. The summed E-state index contributed by atoms with van der Waals surface area (Å²) in [6.45, 7) is 7.82. The molecular formula is C21H27N5O2S. The van der Waals surface area contributed by atoms with Gasteiger partial charge in [-0.05, 0) is 50.8 Å². The molecule has 0 aliphatic carbocycles. The number of rotatable bonds is 7. The minimum Gasteiger partial charge on any atom is -0.381 e. The van der Waals surface area contributed by atoms with E-state index in [4.69, 9.17) is 10.00 Å². The number of carbonyl (C=O) groups excluding carboxylic acids is 1. The molecule has 1 aliphatic heterocycles. The van der Waals surface area contributed by atoms with E-state index < -0.39 is 0 Å². The van der Waals surface area contributed by atoms with Crippen LogP contribution in [0.4, 0.5) is 0 Å². The van der Waals surface area contributed by atoms with Crippen LogP contribution in [0.25, 0.3) is 5.69 Å². The lowest BCUT2D eigenvalue weighted by atomic mass is 10.1. The largest absolute Gasteiger partial charge is 0.381 e. The number of hydrogen-bond donors (Lipinski definition) is 0. The van der Waals surface area contributed by atoms with Crippen LogP contribution in [0.5, 0.6) is 0 Å². The zero-order chi connectivity index (χ0) is 20.8. The van der Waals surface area contributed by atoms with Gasteiger partial charge in [0, 0.05) is 25.8 Å². The van der Waals surface area contributed by atoms with Gasteiger partial charge in [0.05, 0.1) is 23.9 Å². The molecule has 0 radical (unpaired) electrons. The van der Waals surface area contributed by atoms with E-state index in [1.807, 2.05) is 16.4 Å². The fraction of sp³-hybridized carbons (Fsp3) is 0.524. The van der Waals surface area contributed by atoms with E-state index in [0.717, 1.165) is 35.5 Å². The SMILES string of the molecule is Cc1ccc(C)c(-n2c(C)nnc2SCC(=O)N(CCC#N)C2CCOCC2)c1. The second-order valence-electron chi connectivity index (χ2n) is 7.28. The van der Waals surface area contributed by atoms with Crippen LogP contribution in [0, 0.1) is 32.1 Å². The first kappa shape index (κ1) is 21.3. The molecule has 7 nitrogen and oxygen atoms in total. The standard InChI is InChI=1S/C21H27N5O2S/c1-15-5-6-16(2)19(13-15)26-17(3)23-24-21(26)29-14-20(27)25(10-4-9-22)18-7-11-28-12-8-18/h5-6,13,18H,4,7-8,10-12,14H2,1-3H3. The van der Waals surface area contributed by atoms with Gasteiger partial charge in [-0.1, -0.05) is 23.9 Å². The Bertz CT molecular complexity index is 899. The van der Waals surface area contributed by atoms with Gasteiger partial charge in [-0.15, -0.1) is 10.2 Å². The first-order chi connectivity index (χ1) is 14.0. The second-order valence-corrected chi connectivity index (χ2v) is 8.23. The highest BCUT2D eigenvalue weighted by Gasteiger charge is 2.26. The zero-order valence-corrected chi connectivity index (χ0v) is 18.0. The number of aryl methyl sites for hydroxylation is 3. The molecule has 1 aliphatic rings. The van der Waals surface area contributed by atoms with Crippen LogP contribution in [-0.2, 0) is 9.53 Å². The Hall–Kier alpha value is -2.37. The van der Waals surface area contributed by atoms with Gasteiger partial charge in [0.15, 0.2) is 5.16 Å². The molecule has 1 aromatic heterocycles. The van der Waals surface area contributed by atoms with Crippen LogP contribution in [0.15, 0.2) is 23.4 Å². The lowest BCUT2D eigenvalue weighted by molar-refractivity contribution is -0.132. The van der Waals surface area contributed by atoms with Crippen LogP contribution in [-0.4, -0.2) is 57.1 Å². The van der Waals surface area contributed by atoms with Gasteiger partial charge in [-0.25, -0.2) is 0 Å². The molecule has 29 heavy (non-hydrogen) atoms. The van der Waals surface area contributed by atoms with E-state index >= 15 is 0 Å². The monoisotopic (exact) mass is 413 g/mol. The van der Waals surface area contributed by atoms with Crippen molar-refractivity contribution in [3.63, 3.8) is 0 Å². The molecule has 0 saturated carbocycles. The van der Waals surface area contributed by atoms with Crippen molar-refractivity contribution in [1.82, 2.24) is 19.7 Å². The summed E-state index contributed by atoms with van der Waals surface area (Å²) < 4.78 is 7.43. The van der Waals surface area contributed by atoms with Crippen molar-refractivity contribution in [1.29, 1.82) is 5.26 Å². The Morgan fingerprint density at radius 2 is 2.07 bits per heavy atom. The summed E-state index contributed by atoms with van der Waals surface area (Å²) in [5, 5.41) is 18.2. The van der Waals surface area contributed by atoms with Crippen molar-refractivity contribution < 1.29 is 9.53 Å². The van der Waals surface area contributed by atoms with Crippen LogP contribution >= 0.6 is 11.8 Å². The number of aromatic nitrogens is 3. The third kappa shape index (κ3) is 5.17. The first-order valence-electron chi connectivity index (χ1n) is 9.88. The van der Waals surface area contributed by atoms with Crippen LogP contribution in [0.2, 0.25) is 0 Å². The van der Waals surface area contributed by atoms with Gasteiger partial charge in [-0.2, -0.15) is 5.26 Å². The summed E-state index contributed by atoms with van der Waals surface area (Å²) in [6.07, 6.45) is 1.98. The fourth-order valence-corrected chi connectivity index (χ4v) is 4.44. The van der Waals surface area contributed by atoms with E-state index in [0.29, 0.717) is 31.3 Å². The van der Waals surface area contributed by atoms with E-state index in [-0.39, 0.29) is 17.7 Å². The average Bonchev–Trinajstić information content (AvgIpc) is 3.09. The third-order valence-corrected chi connectivity index (χ3v) is 6.06. The van der Waals surface area contributed by atoms with Crippen molar-refractivity contribution >= 4 is 17.7 Å². The van der Waals surface area contributed by atoms with Gasteiger partial charge >= 0.3 is 0 Å². The van der Waals surface area contributed by atoms with Crippen molar-refractivity contribution in [3.05, 3.63) is 35.2 Å². The van der Waals surface area contributed by atoms with Crippen LogP contribution in [0.3, 0.4) is 0 Å². The molecule has 154 valence electrons. The van der Waals surface area contributed by atoms with Gasteiger partial charge in [0.1, 0.15) is 5.82 Å². The normalized spacial score (nSPS) is 14.6. The molecule has 0 unspecified atom stereocenters. The smallest absolute Gasteiger partial charge is 0.233 e. The Morgan fingerprint density at radius 1 is 1.31 bits per heavy atom. The fourth-order valence-electron chi connectivity index (χ4n) is 3.56. The Kier molecular flexibility index (Phi) is 7.29. The third-order valence-electron chi connectivity index (χ3n) is 5.14. The van der Waals surface area contributed by atoms with E-state index in [1.165, 1.54) is 11.8 Å². The molecule has 0 spiro atoms. The molecule has 0 atom stereocenters. The number of amides is 1. The number of thioether (sulfide) groups is 1. The number of nitriles is 1. The van der Waals surface area contributed by atoms with Crippen molar-refractivity contribution in [2.45, 2.75) is 51.2 Å². The molecular weight excluding hydrogens is 386 g/mol. The maximum atomic E-state index is 13.0. The quantitative estimate of drug-likeness (QED) is 0.648. The molecule has 1 aromatic carbocycles. The van der Waals surface area contributed by atoms with Crippen molar-refractivity contribution in [2.24, 2.45) is 0 Å². The minimum atomic E-state index is 0.0327. The maximum absolute atomic E-state index is 13.0. The molecule has 1 amide bonds. The van der Waals surface area contributed by atoms with Crippen LogP contribution < -0.4 is 0 Å². The number of hydrogen-bond acceptors (Lipinski definition) is 6. The second kappa shape index (κ2) is 9.90. The molecule has 0 N–H and O–H groups in total. The van der Waals surface area contributed by atoms with Gasteiger partial charge in [-0.3, -0.25) is 9.36 Å². The summed E-state index contributed by atoms with van der Waals surface area (Å²) in [5.41, 5.74) is 3.32. The van der Waals surface area contributed by atoms with Crippen molar-refractivity contribution in [2.75, 3.05) is 25.5 Å². The summed E-state index contributed by atoms with van der Waals surface area (Å²) in [5.74, 6) is 1.09. The van der Waals surface area contributed by atoms with E-state index in [2.05, 4.69) is 48.3 Å². The molecule has 2 heterocycles. The minimum absolute atomic E-state index is 0.0327. The Balaban J connectivity index is 1.75. The average molecular weight is 414 g/mol. The molecule has 8 heteroatoms. The van der Waals surface area contributed by atoms with E-state index in [9.17, 15) is 4.79 Å². The summed E-state index contributed by atoms with van der Waals surface area (Å²) in [6, 6.07) is 8.57. The molecule has 3 rings (SSSR count). The first-order valence-corrected chi connectivity index (χ1v) is 10.9. The van der Waals surface area contributed by atoms with E-state index in [1.54, 1.807) is 0 Å². The highest BCUT2D eigenvalue weighted by molar-refractivity contribution is 7.99. The predicted octanol–water partition coefficient (Wildman–Crippen LogP) is 3.21. The van der Waals surface area contributed by atoms with Gasteiger partial charge in [0.2, 0.25) is 5.91 Å². The van der Waals surface area contributed by atoms with Gasteiger partial charge < -0.3 is 9.64 Å². The Morgan fingerprint density at radius 3 is 2.79 bits per heavy atom. The molecule has 2 aromatic rings.